The van der Waals surface area contributed by atoms with Crippen molar-refractivity contribution in [3.05, 3.63) is 29.8 Å². The highest BCUT2D eigenvalue weighted by molar-refractivity contribution is 8.39. The van der Waals surface area contributed by atoms with Crippen LogP contribution in [-0.4, -0.2) is 28.3 Å². The second kappa shape index (κ2) is 6.19. The minimum absolute atomic E-state index is 0.0968. The maximum atomic E-state index is 13.3. The van der Waals surface area contributed by atoms with Crippen molar-refractivity contribution in [1.29, 1.82) is 0 Å². The lowest BCUT2D eigenvalue weighted by Gasteiger charge is -2.06. The summed E-state index contributed by atoms with van der Waals surface area (Å²) in [6.45, 7) is 0.760. The lowest BCUT2D eigenvalue weighted by molar-refractivity contribution is -0.113. The van der Waals surface area contributed by atoms with Gasteiger partial charge >= 0.3 is 0 Å². The summed E-state index contributed by atoms with van der Waals surface area (Å²) >= 11 is 2.86. The van der Waals surface area contributed by atoms with Crippen LogP contribution in [0, 0.1) is 11.6 Å². The Bertz CT molecular complexity index is 474. The van der Waals surface area contributed by atoms with Gasteiger partial charge < -0.3 is 5.32 Å². The number of aliphatic imine (C=N–C) groups is 1. The van der Waals surface area contributed by atoms with Gasteiger partial charge in [-0.1, -0.05) is 29.6 Å². The molecule has 0 saturated carbocycles. The number of halogens is 2. The van der Waals surface area contributed by atoms with E-state index in [9.17, 15) is 13.6 Å². The number of rotatable bonds is 3. The SMILES string of the molecule is O=C(CSC1=NCCS1)Nc1c(F)cccc1F. The zero-order valence-corrected chi connectivity index (χ0v) is 10.9. The summed E-state index contributed by atoms with van der Waals surface area (Å²) in [5.74, 6) is -0.980. The molecule has 3 nitrogen and oxygen atoms in total. The van der Waals surface area contributed by atoms with Crippen molar-refractivity contribution >= 4 is 39.5 Å². The number of amides is 1. The standard InChI is InChI=1S/C11H10F2N2OS2/c12-7-2-1-3-8(13)10(7)15-9(16)6-18-11-14-4-5-17-11/h1-3H,4-6H2,(H,15,16). The number of carbonyl (C=O) groups is 1. The number of nitrogens with one attached hydrogen (secondary N) is 1. The first-order valence-electron chi connectivity index (χ1n) is 5.21. The zero-order chi connectivity index (χ0) is 13.0. The molecule has 1 aliphatic rings. The van der Waals surface area contributed by atoms with Gasteiger partial charge in [-0.05, 0) is 12.1 Å². The van der Waals surface area contributed by atoms with Gasteiger partial charge in [-0.2, -0.15) is 0 Å². The quantitative estimate of drug-likeness (QED) is 0.930. The Morgan fingerprint density at radius 1 is 1.44 bits per heavy atom. The number of thioether (sulfide) groups is 2. The first kappa shape index (κ1) is 13.4. The van der Waals surface area contributed by atoms with Crippen LogP contribution in [-0.2, 0) is 4.79 Å². The highest BCUT2D eigenvalue weighted by Gasteiger charge is 2.14. The predicted molar refractivity (Wildman–Crippen MR) is 72.2 cm³/mol. The van der Waals surface area contributed by atoms with Crippen molar-refractivity contribution in [2.45, 2.75) is 0 Å². The second-order valence-corrected chi connectivity index (χ2v) is 5.74. The minimum Gasteiger partial charge on any atom is -0.320 e. The van der Waals surface area contributed by atoms with Gasteiger partial charge in [0, 0.05) is 5.75 Å². The van der Waals surface area contributed by atoms with Crippen LogP contribution in [0.1, 0.15) is 0 Å². The Kier molecular flexibility index (Phi) is 4.60. The number of benzene rings is 1. The van der Waals surface area contributed by atoms with Crippen molar-refractivity contribution in [1.82, 2.24) is 0 Å². The molecule has 0 radical (unpaired) electrons. The largest absolute Gasteiger partial charge is 0.320 e. The Morgan fingerprint density at radius 3 is 2.78 bits per heavy atom. The molecule has 0 saturated heterocycles. The number of anilines is 1. The van der Waals surface area contributed by atoms with Gasteiger partial charge in [-0.3, -0.25) is 9.79 Å². The fourth-order valence-corrected chi connectivity index (χ4v) is 3.13. The average molecular weight is 288 g/mol. The molecular weight excluding hydrogens is 278 g/mol. The van der Waals surface area contributed by atoms with E-state index < -0.39 is 23.2 Å². The summed E-state index contributed by atoms with van der Waals surface area (Å²) in [5.41, 5.74) is -0.399. The summed E-state index contributed by atoms with van der Waals surface area (Å²) in [4.78, 5) is 15.7. The van der Waals surface area contributed by atoms with Gasteiger partial charge in [0.2, 0.25) is 5.91 Å². The molecule has 0 aromatic heterocycles. The van der Waals surface area contributed by atoms with Crippen LogP contribution in [0.5, 0.6) is 0 Å². The van der Waals surface area contributed by atoms with Crippen molar-refractivity contribution in [3.8, 4) is 0 Å². The van der Waals surface area contributed by atoms with Crippen LogP contribution in [0.4, 0.5) is 14.5 Å². The highest BCUT2D eigenvalue weighted by Crippen LogP contribution is 2.23. The molecule has 0 atom stereocenters. The molecule has 18 heavy (non-hydrogen) atoms. The van der Waals surface area contributed by atoms with Crippen LogP contribution in [0.3, 0.4) is 0 Å². The summed E-state index contributed by atoms with van der Waals surface area (Å²) in [7, 11) is 0. The second-order valence-electron chi connectivity index (χ2n) is 3.43. The first-order valence-corrected chi connectivity index (χ1v) is 7.18. The molecule has 1 aliphatic heterocycles. The third kappa shape index (κ3) is 3.46. The molecule has 2 rings (SSSR count). The smallest absolute Gasteiger partial charge is 0.234 e. The molecule has 0 bridgehead atoms. The Hall–Kier alpha value is -1.08. The van der Waals surface area contributed by atoms with E-state index in [1.54, 1.807) is 11.8 Å². The zero-order valence-electron chi connectivity index (χ0n) is 9.28. The summed E-state index contributed by atoms with van der Waals surface area (Å²) < 4.78 is 27.4. The van der Waals surface area contributed by atoms with E-state index in [0.717, 1.165) is 28.8 Å². The van der Waals surface area contributed by atoms with E-state index >= 15 is 0 Å². The number of nitrogens with zero attached hydrogens (tertiary/aromatic N) is 1. The van der Waals surface area contributed by atoms with Crippen LogP contribution in [0.15, 0.2) is 23.2 Å². The molecule has 7 heteroatoms. The van der Waals surface area contributed by atoms with Crippen LogP contribution in [0.25, 0.3) is 0 Å². The number of carbonyl (C=O) groups excluding carboxylic acids is 1. The van der Waals surface area contributed by atoms with Crippen LogP contribution in [0.2, 0.25) is 0 Å². The Morgan fingerprint density at radius 2 is 2.17 bits per heavy atom. The topological polar surface area (TPSA) is 41.5 Å². The molecule has 0 unspecified atom stereocenters. The van der Waals surface area contributed by atoms with E-state index in [0.29, 0.717) is 0 Å². The van der Waals surface area contributed by atoms with Gasteiger partial charge in [-0.25, -0.2) is 8.78 Å². The maximum absolute atomic E-state index is 13.3. The lowest BCUT2D eigenvalue weighted by Crippen LogP contribution is -2.16. The summed E-state index contributed by atoms with van der Waals surface area (Å²) in [6, 6.07) is 3.45. The molecule has 1 amide bonds. The molecule has 1 aromatic carbocycles. The van der Waals surface area contributed by atoms with E-state index in [1.807, 2.05) is 0 Å². The lowest BCUT2D eigenvalue weighted by atomic mass is 10.3. The number of hydrogen-bond acceptors (Lipinski definition) is 4. The number of para-hydroxylation sites is 1. The number of hydrogen-bond donors (Lipinski definition) is 1. The molecule has 0 aliphatic carbocycles. The third-order valence-electron chi connectivity index (χ3n) is 2.11. The van der Waals surface area contributed by atoms with Crippen molar-refractivity contribution < 1.29 is 13.6 Å². The molecule has 1 N–H and O–H groups in total. The van der Waals surface area contributed by atoms with Crippen molar-refractivity contribution in [2.75, 3.05) is 23.4 Å². The van der Waals surface area contributed by atoms with Gasteiger partial charge in [0.05, 0.1) is 12.3 Å². The van der Waals surface area contributed by atoms with Gasteiger partial charge in [0.25, 0.3) is 0 Å². The molecule has 1 heterocycles. The normalized spacial score (nSPS) is 14.4. The molecule has 0 fully saturated rings. The van der Waals surface area contributed by atoms with Gasteiger partial charge in [-0.15, -0.1) is 0 Å². The average Bonchev–Trinajstić information content (AvgIpc) is 2.84. The van der Waals surface area contributed by atoms with Crippen molar-refractivity contribution in [2.24, 2.45) is 4.99 Å². The molecular formula is C11H10F2N2OS2. The molecule has 96 valence electrons. The van der Waals surface area contributed by atoms with Crippen LogP contribution >= 0.6 is 23.5 Å². The fourth-order valence-electron chi connectivity index (χ4n) is 1.32. The van der Waals surface area contributed by atoms with Crippen molar-refractivity contribution in [3.63, 3.8) is 0 Å². The third-order valence-corrected chi connectivity index (χ3v) is 4.36. The van der Waals surface area contributed by atoms with Crippen LogP contribution < -0.4 is 5.32 Å². The fraction of sp³-hybridized carbons (Fsp3) is 0.273. The minimum atomic E-state index is -0.777. The van der Waals surface area contributed by atoms with E-state index in [4.69, 9.17) is 0 Å². The Labute approximate surface area is 111 Å². The Balaban J connectivity index is 1.90. The summed E-state index contributed by atoms with van der Waals surface area (Å²) in [6.07, 6.45) is 0. The maximum Gasteiger partial charge on any atom is 0.234 e. The van der Waals surface area contributed by atoms with E-state index in [-0.39, 0.29) is 5.75 Å². The van der Waals surface area contributed by atoms with Gasteiger partial charge in [0.1, 0.15) is 21.7 Å². The predicted octanol–water partition coefficient (Wildman–Crippen LogP) is 2.74. The van der Waals surface area contributed by atoms with E-state index in [2.05, 4.69) is 10.3 Å². The van der Waals surface area contributed by atoms with Gasteiger partial charge in [0.15, 0.2) is 0 Å². The first-order chi connectivity index (χ1) is 8.66. The summed E-state index contributed by atoms with van der Waals surface area (Å²) in [5, 5.41) is 2.23. The molecule has 0 spiro atoms. The highest BCUT2D eigenvalue weighted by atomic mass is 32.2. The molecule has 1 aromatic rings. The van der Waals surface area contributed by atoms with E-state index in [1.165, 1.54) is 17.8 Å². The monoisotopic (exact) mass is 288 g/mol.